The normalized spacial score (nSPS) is 27.3. The molecule has 0 saturated heterocycles. The van der Waals surface area contributed by atoms with Crippen molar-refractivity contribution in [1.82, 2.24) is 4.90 Å². The van der Waals surface area contributed by atoms with Crippen LogP contribution in [0.1, 0.15) is 38.2 Å². The van der Waals surface area contributed by atoms with E-state index in [0.717, 1.165) is 30.6 Å². The van der Waals surface area contributed by atoms with Crippen molar-refractivity contribution in [2.75, 3.05) is 20.2 Å². The van der Waals surface area contributed by atoms with Gasteiger partial charge in [-0.2, -0.15) is 0 Å². The summed E-state index contributed by atoms with van der Waals surface area (Å²) in [5.41, 5.74) is 0.632. The molecule has 2 fully saturated rings. The van der Waals surface area contributed by atoms with E-state index in [9.17, 15) is 14.7 Å². The van der Waals surface area contributed by atoms with E-state index in [1.165, 1.54) is 11.3 Å². The lowest BCUT2D eigenvalue weighted by Gasteiger charge is -2.40. The number of rotatable bonds is 7. The van der Waals surface area contributed by atoms with Gasteiger partial charge in [-0.05, 0) is 62.1 Å². The number of carboxylic acid groups (broad SMARTS) is 1. The monoisotopic (exact) mass is 345 g/mol. The minimum Gasteiger partial charge on any atom is -0.497 e. The zero-order valence-electron chi connectivity index (χ0n) is 15.0. The second kappa shape index (κ2) is 7.06. The number of carbonyl (C=O) groups excluding carboxylic acids is 1. The molecule has 5 heteroatoms. The molecule has 2 bridgehead atoms. The molecule has 3 atom stereocenters. The molecular weight excluding hydrogens is 318 g/mol. The molecule has 2 saturated carbocycles. The van der Waals surface area contributed by atoms with E-state index < -0.39 is 11.4 Å². The van der Waals surface area contributed by atoms with Crippen LogP contribution in [0, 0.1) is 17.3 Å². The third-order valence-corrected chi connectivity index (χ3v) is 6.05. The molecule has 2 aliphatic carbocycles. The lowest BCUT2D eigenvalue weighted by atomic mass is 9.68. The third-order valence-electron chi connectivity index (χ3n) is 6.05. The van der Waals surface area contributed by atoms with Crippen LogP contribution in [0.2, 0.25) is 0 Å². The number of aliphatic carboxylic acids is 1. The Morgan fingerprint density at radius 1 is 1.36 bits per heavy atom. The van der Waals surface area contributed by atoms with Crippen LogP contribution in [0.3, 0.4) is 0 Å². The number of amides is 1. The number of hydrogen-bond acceptors (Lipinski definition) is 3. The van der Waals surface area contributed by atoms with Gasteiger partial charge in [-0.15, -0.1) is 0 Å². The average Bonchev–Trinajstić information content (AvgIpc) is 3.20. The van der Waals surface area contributed by atoms with Crippen LogP contribution in [0.4, 0.5) is 0 Å². The average molecular weight is 345 g/mol. The molecule has 1 N–H and O–H groups in total. The number of methoxy groups -OCH3 is 1. The molecule has 3 rings (SSSR count). The van der Waals surface area contributed by atoms with E-state index in [1.807, 2.05) is 31.2 Å². The van der Waals surface area contributed by atoms with Gasteiger partial charge in [0.05, 0.1) is 12.5 Å². The summed E-state index contributed by atoms with van der Waals surface area (Å²) in [4.78, 5) is 26.1. The van der Waals surface area contributed by atoms with Gasteiger partial charge in [-0.25, -0.2) is 0 Å². The minimum absolute atomic E-state index is 0.0208. The summed E-state index contributed by atoms with van der Waals surface area (Å²) in [6, 6.07) is 7.89. The number of hydrogen-bond donors (Lipinski definition) is 1. The Labute approximate surface area is 149 Å². The van der Waals surface area contributed by atoms with Crippen molar-refractivity contribution < 1.29 is 19.4 Å². The third kappa shape index (κ3) is 3.37. The zero-order chi connectivity index (χ0) is 18.0. The quantitative estimate of drug-likeness (QED) is 0.825. The van der Waals surface area contributed by atoms with Crippen LogP contribution in [-0.4, -0.2) is 42.1 Å². The fourth-order valence-corrected chi connectivity index (χ4v) is 4.95. The summed E-state index contributed by atoms with van der Waals surface area (Å²) in [6.07, 6.45) is 4.92. The highest BCUT2D eigenvalue weighted by Gasteiger charge is 2.56. The number of fused-ring (bicyclic) bond motifs is 2. The van der Waals surface area contributed by atoms with Crippen LogP contribution in [0.15, 0.2) is 24.3 Å². The van der Waals surface area contributed by atoms with E-state index in [0.29, 0.717) is 24.8 Å². The topological polar surface area (TPSA) is 66.8 Å². The SMILES string of the molecule is CCN(CC(=O)O)C(=O)C1(Cc2cccc(OC)c2)CC2CCC1C2. The van der Waals surface area contributed by atoms with Crippen LogP contribution in [0.5, 0.6) is 5.75 Å². The first kappa shape index (κ1) is 17.8. The second-order valence-electron chi connectivity index (χ2n) is 7.48. The molecule has 2 aliphatic rings. The summed E-state index contributed by atoms with van der Waals surface area (Å²) < 4.78 is 5.32. The summed E-state index contributed by atoms with van der Waals surface area (Å²) >= 11 is 0. The smallest absolute Gasteiger partial charge is 0.323 e. The van der Waals surface area contributed by atoms with E-state index in [-0.39, 0.29) is 12.5 Å². The van der Waals surface area contributed by atoms with Gasteiger partial charge in [0, 0.05) is 6.54 Å². The maximum Gasteiger partial charge on any atom is 0.323 e. The molecular formula is C20H27NO4. The fraction of sp³-hybridized carbons (Fsp3) is 0.600. The van der Waals surface area contributed by atoms with Gasteiger partial charge in [0.1, 0.15) is 12.3 Å². The van der Waals surface area contributed by atoms with Gasteiger partial charge in [0.2, 0.25) is 5.91 Å². The zero-order valence-corrected chi connectivity index (χ0v) is 15.0. The van der Waals surface area contributed by atoms with E-state index in [1.54, 1.807) is 7.11 Å². The minimum atomic E-state index is -0.949. The molecule has 25 heavy (non-hydrogen) atoms. The lowest BCUT2D eigenvalue weighted by Crippen LogP contribution is -2.49. The molecule has 5 nitrogen and oxygen atoms in total. The lowest BCUT2D eigenvalue weighted by molar-refractivity contribution is -0.152. The summed E-state index contributed by atoms with van der Waals surface area (Å²) in [7, 11) is 1.64. The molecule has 3 unspecified atom stereocenters. The first-order valence-corrected chi connectivity index (χ1v) is 9.12. The molecule has 0 aromatic heterocycles. The predicted octanol–water partition coefficient (Wildman–Crippen LogP) is 2.98. The number of carboxylic acids is 1. The van der Waals surface area contributed by atoms with Gasteiger partial charge in [0.25, 0.3) is 0 Å². The van der Waals surface area contributed by atoms with Crippen molar-refractivity contribution in [3.63, 3.8) is 0 Å². The van der Waals surface area contributed by atoms with Crippen LogP contribution >= 0.6 is 0 Å². The summed E-state index contributed by atoms with van der Waals surface area (Å²) in [6.45, 7) is 2.07. The second-order valence-corrected chi connectivity index (χ2v) is 7.48. The first-order valence-electron chi connectivity index (χ1n) is 9.12. The van der Waals surface area contributed by atoms with Crippen molar-refractivity contribution in [3.8, 4) is 5.75 Å². The Morgan fingerprint density at radius 3 is 2.72 bits per heavy atom. The maximum absolute atomic E-state index is 13.4. The van der Waals surface area contributed by atoms with Gasteiger partial charge >= 0.3 is 5.97 Å². The van der Waals surface area contributed by atoms with Crippen molar-refractivity contribution in [2.24, 2.45) is 17.3 Å². The van der Waals surface area contributed by atoms with E-state index >= 15 is 0 Å². The molecule has 1 aromatic carbocycles. The van der Waals surface area contributed by atoms with Crippen molar-refractivity contribution in [2.45, 2.75) is 39.0 Å². The summed E-state index contributed by atoms with van der Waals surface area (Å²) in [5.74, 6) is 0.825. The standard InChI is InChI=1S/C20H27NO4/c1-3-21(13-18(22)23)19(24)20(12-15-7-8-16(20)9-15)11-14-5-4-6-17(10-14)25-2/h4-6,10,15-16H,3,7-9,11-13H2,1-2H3,(H,22,23). The molecule has 1 amide bonds. The Hall–Kier alpha value is -2.04. The van der Waals surface area contributed by atoms with Crippen molar-refractivity contribution in [1.29, 1.82) is 0 Å². The number of ether oxygens (including phenoxy) is 1. The van der Waals surface area contributed by atoms with Crippen LogP contribution in [0.25, 0.3) is 0 Å². The Bertz CT molecular complexity index is 659. The van der Waals surface area contributed by atoms with Crippen LogP contribution < -0.4 is 4.74 Å². The predicted molar refractivity (Wildman–Crippen MR) is 94.5 cm³/mol. The molecule has 0 spiro atoms. The Kier molecular flexibility index (Phi) is 5.02. The Balaban J connectivity index is 1.91. The van der Waals surface area contributed by atoms with Gasteiger partial charge < -0.3 is 14.7 Å². The fourth-order valence-electron chi connectivity index (χ4n) is 4.95. The molecule has 136 valence electrons. The molecule has 0 radical (unpaired) electrons. The van der Waals surface area contributed by atoms with Gasteiger partial charge in [0.15, 0.2) is 0 Å². The first-order chi connectivity index (χ1) is 12.0. The molecule has 0 heterocycles. The van der Waals surface area contributed by atoms with Crippen LogP contribution in [-0.2, 0) is 16.0 Å². The van der Waals surface area contributed by atoms with Gasteiger partial charge in [-0.3, -0.25) is 9.59 Å². The highest BCUT2D eigenvalue weighted by Crippen LogP contribution is 2.58. The highest BCUT2D eigenvalue weighted by molar-refractivity contribution is 5.87. The van der Waals surface area contributed by atoms with Crippen molar-refractivity contribution in [3.05, 3.63) is 29.8 Å². The maximum atomic E-state index is 13.4. The number of carbonyl (C=O) groups is 2. The molecule has 1 aromatic rings. The van der Waals surface area contributed by atoms with E-state index in [2.05, 4.69) is 0 Å². The van der Waals surface area contributed by atoms with E-state index in [4.69, 9.17) is 4.74 Å². The van der Waals surface area contributed by atoms with Crippen molar-refractivity contribution >= 4 is 11.9 Å². The Morgan fingerprint density at radius 2 is 2.16 bits per heavy atom. The number of nitrogens with zero attached hydrogens (tertiary/aromatic N) is 1. The highest BCUT2D eigenvalue weighted by atomic mass is 16.5. The van der Waals surface area contributed by atoms with Gasteiger partial charge in [-0.1, -0.05) is 18.6 Å². The largest absolute Gasteiger partial charge is 0.497 e. The molecule has 0 aliphatic heterocycles. The number of likely N-dealkylation sites (N-methyl/N-ethyl adjacent to an activating group) is 1. The number of benzene rings is 1. The summed E-state index contributed by atoms with van der Waals surface area (Å²) in [5, 5.41) is 9.17.